The zero-order valence-corrected chi connectivity index (χ0v) is 13.0. The molecule has 0 saturated heterocycles. The molecule has 0 radical (unpaired) electrons. The van der Waals surface area contributed by atoms with Gasteiger partial charge in [-0.2, -0.15) is 0 Å². The highest BCUT2D eigenvalue weighted by molar-refractivity contribution is 5.92. The molecule has 1 aromatic rings. The minimum Gasteiger partial charge on any atom is -0.395 e. The van der Waals surface area contributed by atoms with Crippen molar-refractivity contribution in [2.75, 3.05) is 18.9 Å². The molecule has 0 atom stereocenters. The quantitative estimate of drug-likeness (QED) is 0.923. The molecule has 1 heterocycles. The molecule has 3 rings (SSSR count). The van der Waals surface area contributed by atoms with Gasteiger partial charge in [0.1, 0.15) is 0 Å². The standard InChI is InChI=1S/C16H20F2N2O3/c1-20(12-5-3-2-4-6-12)10-15(21)19-11-7-8-13-14(9-11)23-16(17,18)22-13/h7-9,12H,2-6,10H2,1H3,(H,19,21). The van der Waals surface area contributed by atoms with E-state index in [1.807, 2.05) is 7.05 Å². The number of likely N-dealkylation sites (N-methyl/N-ethyl adjacent to an activating group) is 1. The van der Waals surface area contributed by atoms with E-state index in [4.69, 9.17) is 0 Å². The number of nitrogens with zero attached hydrogens (tertiary/aromatic N) is 1. The molecule has 1 saturated carbocycles. The highest BCUT2D eigenvalue weighted by atomic mass is 19.3. The van der Waals surface area contributed by atoms with Crippen LogP contribution in [0.2, 0.25) is 0 Å². The largest absolute Gasteiger partial charge is 0.586 e. The number of carbonyl (C=O) groups is 1. The van der Waals surface area contributed by atoms with Gasteiger partial charge < -0.3 is 14.8 Å². The van der Waals surface area contributed by atoms with E-state index in [2.05, 4.69) is 19.7 Å². The molecule has 0 aromatic heterocycles. The number of alkyl halides is 2. The van der Waals surface area contributed by atoms with Crippen molar-refractivity contribution in [1.82, 2.24) is 4.90 Å². The van der Waals surface area contributed by atoms with Gasteiger partial charge in [0, 0.05) is 17.8 Å². The number of ether oxygens (including phenoxy) is 2. The van der Waals surface area contributed by atoms with E-state index in [-0.39, 0.29) is 24.0 Å². The first-order chi connectivity index (χ1) is 10.9. The first-order valence-electron chi connectivity index (χ1n) is 7.83. The molecule has 126 valence electrons. The average molecular weight is 326 g/mol. The number of carbonyl (C=O) groups excluding carboxylic acids is 1. The Labute approximate surface area is 133 Å². The Morgan fingerprint density at radius 3 is 2.70 bits per heavy atom. The van der Waals surface area contributed by atoms with E-state index in [0.717, 1.165) is 12.8 Å². The summed E-state index contributed by atoms with van der Waals surface area (Å²) in [6.07, 6.45) is 2.25. The zero-order valence-electron chi connectivity index (χ0n) is 13.0. The van der Waals surface area contributed by atoms with Crippen molar-refractivity contribution in [2.24, 2.45) is 0 Å². The maximum absolute atomic E-state index is 13.0. The fraction of sp³-hybridized carbons (Fsp3) is 0.562. The van der Waals surface area contributed by atoms with Crippen LogP contribution in [0.4, 0.5) is 14.5 Å². The monoisotopic (exact) mass is 326 g/mol. The SMILES string of the molecule is CN(CC(=O)Nc1ccc2c(c1)OC(F)(F)O2)C1CCCCC1. The minimum absolute atomic E-state index is 0.0349. The second-order valence-electron chi connectivity index (χ2n) is 6.08. The van der Waals surface area contributed by atoms with Crippen molar-refractivity contribution in [3.05, 3.63) is 18.2 Å². The number of benzene rings is 1. The van der Waals surface area contributed by atoms with Gasteiger partial charge >= 0.3 is 6.29 Å². The number of anilines is 1. The van der Waals surface area contributed by atoms with E-state index in [1.165, 1.54) is 37.5 Å². The van der Waals surface area contributed by atoms with Crippen molar-refractivity contribution in [1.29, 1.82) is 0 Å². The number of rotatable bonds is 4. The predicted molar refractivity (Wildman–Crippen MR) is 80.8 cm³/mol. The summed E-state index contributed by atoms with van der Waals surface area (Å²) in [6.45, 7) is 0.273. The third-order valence-corrected chi connectivity index (χ3v) is 4.28. The van der Waals surface area contributed by atoms with E-state index in [9.17, 15) is 13.6 Å². The Balaban J connectivity index is 1.56. The minimum atomic E-state index is -3.65. The summed E-state index contributed by atoms with van der Waals surface area (Å²) < 4.78 is 34.6. The lowest BCUT2D eigenvalue weighted by atomic mass is 9.94. The molecule has 1 aliphatic carbocycles. The predicted octanol–water partition coefficient (Wildman–Crippen LogP) is 3.21. The van der Waals surface area contributed by atoms with E-state index >= 15 is 0 Å². The van der Waals surface area contributed by atoms with Gasteiger partial charge in [-0.25, -0.2) is 0 Å². The van der Waals surface area contributed by atoms with Crippen LogP contribution < -0.4 is 14.8 Å². The van der Waals surface area contributed by atoms with Crippen molar-refractivity contribution < 1.29 is 23.0 Å². The van der Waals surface area contributed by atoms with Gasteiger partial charge in [0.05, 0.1) is 6.54 Å². The Morgan fingerprint density at radius 1 is 1.26 bits per heavy atom. The van der Waals surface area contributed by atoms with E-state index < -0.39 is 6.29 Å². The first kappa shape index (κ1) is 16.0. The summed E-state index contributed by atoms with van der Waals surface area (Å²) in [6, 6.07) is 4.65. The summed E-state index contributed by atoms with van der Waals surface area (Å²) in [5, 5.41) is 2.71. The molecule has 5 nitrogen and oxygen atoms in total. The lowest BCUT2D eigenvalue weighted by Crippen LogP contribution is -2.39. The van der Waals surface area contributed by atoms with Gasteiger partial charge in [-0.1, -0.05) is 19.3 Å². The van der Waals surface area contributed by atoms with Gasteiger partial charge in [-0.3, -0.25) is 9.69 Å². The Bertz CT molecular complexity index is 589. The van der Waals surface area contributed by atoms with Crippen LogP contribution in [-0.4, -0.2) is 36.7 Å². The number of hydrogen-bond donors (Lipinski definition) is 1. The third kappa shape index (κ3) is 3.90. The van der Waals surface area contributed by atoms with Crippen LogP contribution >= 0.6 is 0 Å². The molecule has 1 N–H and O–H groups in total. The zero-order chi connectivity index (χ0) is 16.4. The lowest BCUT2D eigenvalue weighted by molar-refractivity contribution is -0.286. The molecular weight excluding hydrogens is 306 g/mol. The number of fused-ring (bicyclic) bond motifs is 1. The fourth-order valence-electron chi connectivity index (χ4n) is 3.10. The molecule has 0 unspecified atom stereocenters. The maximum atomic E-state index is 13.0. The third-order valence-electron chi connectivity index (χ3n) is 4.28. The summed E-state index contributed by atoms with van der Waals surface area (Å²) in [5.74, 6) is -0.288. The molecule has 0 spiro atoms. The molecule has 7 heteroatoms. The van der Waals surface area contributed by atoms with Crippen molar-refractivity contribution in [3.63, 3.8) is 0 Å². The van der Waals surface area contributed by atoms with Crippen molar-refractivity contribution >= 4 is 11.6 Å². The number of amides is 1. The molecule has 1 aromatic carbocycles. The molecule has 1 aliphatic heterocycles. The smallest absolute Gasteiger partial charge is 0.395 e. The second-order valence-corrected chi connectivity index (χ2v) is 6.08. The van der Waals surface area contributed by atoms with Crippen molar-refractivity contribution in [3.8, 4) is 11.5 Å². The summed E-state index contributed by atoms with van der Waals surface area (Å²) in [4.78, 5) is 14.2. The average Bonchev–Trinajstić information content (AvgIpc) is 2.81. The molecular formula is C16H20F2N2O3. The second kappa shape index (κ2) is 6.31. The fourth-order valence-corrected chi connectivity index (χ4v) is 3.10. The normalized spacial score (nSPS) is 19.8. The molecule has 0 bridgehead atoms. The van der Waals surface area contributed by atoms with E-state index in [0.29, 0.717) is 11.7 Å². The number of halogens is 2. The lowest BCUT2D eigenvalue weighted by Gasteiger charge is -2.30. The van der Waals surface area contributed by atoms with Crippen LogP contribution in [0, 0.1) is 0 Å². The Morgan fingerprint density at radius 2 is 1.96 bits per heavy atom. The Kier molecular flexibility index (Phi) is 4.39. The maximum Gasteiger partial charge on any atom is 0.586 e. The van der Waals surface area contributed by atoms with Crippen LogP contribution in [0.15, 0.2) is 18.2 Å². The number of nitrogens with one attached hydrogen (secondary N) is 1. The van der Waals surface area contributed by atoms with Gasteiger partial charge in [0.2, 0.25) is 5.91 Å². The van der Waals surface area contributed by atoms with Crippen LogP contribution in [0.25, 0.3) is 0 Å². The molecule has 1 amide bonds. The number of hydrogen-bond acceptors (Lipinski definition) is 4. The summed E-state index contributed by atoms with van der Waals surface area (Å²) in [5.41, 5.74) is 0.409. The summed E-state index contributed by atoms with van der Waals surface area (Å²) >= 11 is 0. The Hall–Kier alpha value is -1.89. The van der Waals surface area contributed by atoms with Gasteiger partial charge in [0.15, 0.2) is 11.5 Å². The topological polar surface area (TPSA) is 50.8 Å². The van der Waals surface area contributed by atoms with Crippen LogP contribution in [0.3, 0.4) is 0 Å². The highest BCUT2D eigenvalue weighted by Gasteiger charge is 2.43. The summed E-state index contributed by atoms with van der Waals surface area (Å²) in [7, 11) is 1.94. The van der Waals surface area contributed by atoms with Gasteiger partial charge in [0.25, 0.3) is 0 Å². The highest BCUT2D eigenvalue weighted by Crippen LogP contribution is 2.42. The van der Waals surface area contributed by atoms with E-state index in [1.54, 1.807) is 0 Å². The van der Waals surface area contributed by atoms with Crippen LogP contribution in [0.1, 0.15) is 32.1 Å². The van der Waals surface area contributed by atoms with Crippen LogP contribution in [-0.2, 0) is 4.79 Å². The van der Waals surface area contributed by atoms with Gasteiger partial charge in [-0.05, 0) is 32.0 Å². The molecule has 23 heavy (non-hydrogen) atoms. The first-order valence-corrected chi connectivity index (χ1v) is 7.83. The van der Waals surface area contributed by atoms with Gasteiger partial charge in [-0.15, -0.1) is 8.78 Å². The van der Waals surface area contributed by atoms with Crippen LogP contribution in [0.5, 0.6) is 11.5 Å². The molecule has 1 fully saturated rings. The van der Waals surface area contributed by atoms with Crippen molar-refractivity contribution in [2.45, 2.75) is 44.4 Å². The molecule has 2 aliphatic rings.